The van der Waals surface area contributed by atoms with E-state index in [1.165, 1.54) is 0 Å². The Labute approximate surface area is 112 Å². The molecule has 1 aliphatic carbocycles. The van der Waals surface area contributed by atoms with Crippen LogP contribution in [0.3, 0.4) is 0 Å². The summed E-state index contributed by atoms with van der Waals surface area (Å²) >= 11 is 0. The van der Waals surface area contributed by atoms with Crippen LogP contribution in [-0.4, -0.2) is 30.8 Å². The van der Waals surface area contributed by atoms with Crippen molar-refractivity contribution >= 4 is 5.91 Å². The number of hydrogen-bond acceptors (Lipinski definition) is 3. The molecule has 1 aliphatic rings. The molecule has 0 spiro atoms. The summed E-state index contributed by atoms with van der Waals surface area (Å²) in [5, 5.41) is 12.0. The summed E-state index contributed by atoms with van der Waals surface area (Å²) < 4.78 is 5.23. The maximum atomic E-state index is 11.9. The number of hydrogen-bond donors (Lipinski definition) is 2. The Morgan fingerprint density at radius 2 is 2.11 bits per heavy atom. The molecule has 19 heavy (non-hydrogen) atoms. The lowest BCUT2D eigenvalue weighted by Crippen LogP contribution is -2.31. The van der Waals surface area contributed by atoms with E-state index in [0.29, 0.717) is 17.9 Å². The number of ether oxygens (including phenoxy) is 1. The molecule has 1 aromatic rings. The molecular weight excluding hydrogens is 242 g/mol. The third-order valence-electron chi connectivity index (χ3n) is 3.36. The van der Waals surface area contributed by atoms with Crippen molar-refractivity contribution in [3.63, 3.8) is 0 Å². The zero-order valence-electron chi connectivity index (χ0n) is 10.7. The number of benzene rings is 1. The molecule has 0 unspecified atom stereocenters. The van der Waals surface area contributed by atoms with Crippen LogP contribution >= 0.6 is 0 Å². The topological polar surface area (TPSA) is 58.6 Å². The summed E-state index contributed by atoms with van der Waals surface area (Å²) in [6.45, 7) is 0.869. The van der Waals surface area contributed by atoms with Gasteiger partial charge in [0.1, 0.15) is 12.4 Å². The molecule has 2 rings (SSSR count). The second kappa shape index (κ2) is 5.77. The average molecular weight is 259 g/mol. The van der Waals surface area contributed by atoms with Crippen LogP contribution in [0.2, 0.25) is 0 Å². The fraction of sp³-hybridized carbons (Fsp3) is 0.400. The molecule has 100 valence electrons. The van der Waals surface area contributed by atoms with E-state index in [2.05, 4.69) is 11.2 Å². The lowest BCUT2D eigenvalue weighted by molar-refractivity contribution is 0.0935. The third kappa shape index (κ3) is 3.49. The Morgan fingerprint density at radius 1 is 1.42 bits per heavy atom. The van der Waals surface area contributed by atoms with Gasteiger partial charge in [-0.2, -0.15) is 0 Å². The van der Waals surface area contributed by atoms with Gasteiger partial charge >= 0.3 is 0 Å². The maximum Gasteiger partial charge on any atom is 0.251 e. The van der Waals surface area contributed by atoms with E-state index < -0.39 is 0 Å². The second-order valence-electron chi connectivity index (χ2n) is 4.86. The molecule has 1 fully saturated rings. The number of amides is 1. The highest BCUT2D eigenvalue weighted by Gasteiger charge is 2.42. The Bertz CT molecular complexity index is 483. The number of rotatable bonds is 6. The zero-order chi connectivity index (χ0) is 13.7. The predicted molar refractivity (Wildman–Crippen MR) is 71.9 cm³/mol. The van der Waals surface area contributed by atoms with Crippen molar-refractivity contribution in [3.05, 3.63) is 29.8 Å². The Balaban J connectivity index is 1.87. The van der Waals surface area contributed by atoms with Crippen LogP contribution in [0.5, 0.6) is 5.75 Å². The minimum absolute atomic E-state index is 0.0779. The molecule has 0 aliphatic heterocycles. The van der Waals surface area contributed by atoms with Gasteiger partial charge in [0, 0.05) is 17.5 Å². The van der Waals surface area contributed by atoms with Crippen LogP contribution in [0.1, 0.15) is 23.2 Å². The molecule has 0 bridgehead atoms. The molecule has 2 N–H and O–H groups in total. The van der Waals surface area contributed by atoms with Crippen molar-refractivity contribution in [2.24, 2.45) is 5.41 Å². The third-order valence-corrected chi connectivity index (χ3v) is 3.36. The number of carbonyl (C=O) groups excluding carboxylic acids is 1. The average Bonchev–Trinajstić information content (AvgIpc) is 3.24. The van der Waals surface area contributed by atoms with Crippen LogP contribution in [0, 0.1) is 17.8 Å². The molecule has 0 radical (unpaired) electrons. The summed E-state index contributed by atoms with van der Waals surface area (Å²) in [6.07, 6.45) is 7.04. The van der Waals surface area contributed by atoms with Crippen molar-refractivity contribution < 1.29 is 14.6 Å². The van der Waals surface area contributed by atoms with Crippen molar-refractivity contribution in [1.29, 1.82) is 0 Å². The first-order valence-electron chi connectivity index (χ1n) is 6.24. The minimum Gasteiger partial charge on any atom is -0.481 e. The van der Waals surface area contributed by atoms with Crippen LogP contribution < -0.4 is 10.1 Å². The standard InChI is InChI=1S/C15H17NO3/c1-2-9-19-13-5-3-12(4-6-13)14(18)16-10-15(11-17)7-8-15/h1,3-6,17H,7-11H2,(H,16,18). The first-order chi connectivity index (χ1) is 9.19. The van der Waals surface area contributed by atoms with E-state index in [1.54, 1.807) is 24.3 Å². The Hall–Kier alpha value is -1.99. The highest BCUT2D eigenvalue weighted by atomic mass is 16.5. The summed E-state index contributed by atoms with van der Waals surface area (Å²) in [6, 6.07) is 6.82. The number of carbonyl (C=O) groups is 1. The van der Waals surface area contributed by atoms with Gasteiger partial charge in [-0.1, -0.05) is 5.92 Å². The molecule has 4 heteroatoms. The molecule has 4 nitrogen and oxygen atoms in total. The van der Waals surface area contributed by atoms with E-state index in [0.717, 1.165) is 12.8 Å². The van der Waals surface area contributed by atoms with Gasteiger partial charge in [0.15, 0.2) is 0 Å². The zero-order valence-corrected chi connectivity index (χ0v) is 10.7. The van der Waals surface area contributed by atoms with Crippen molar-refractivity contribution in [2.75, 3.05) is 19.8 Å². The number of nitrogens with one attached hydrogen (secondary N) is 1. The largest absolute Gasteiger partial charge is 0.481 e. The molecule has 1 saturated carbocycles. The SMILES string of the molecule is C#CCOc1ccc(C(=O)NCC2(CO)CC2)cc1. The number of aliphatic hydroxyl groups excluding tert-OH is 1. The van der Waals surface area contributed by atoms with Gasteiger partial charge in [0.25, 0.3) is 5.91 Å². The highest BCUT2D eigenvalue weighted by Crippen LogP contribution is 2.44. The smallest absolute Gasteiger partial charge is 0.251 e. The van der Waals surface area contributed by atoms with Crippen LogP contribution in [0.15, 0.2) is 24.3 Å². The monoisotopic (exact) mass is 259 g/mol. The van der Waals surface area contributed by atoms with E-state index >= 15 is 0 Å². The normalized spacial score (nSPS) is 15.4. The van der Waals surface area contributed by atoms with Crippen LogP contribution in [-0.2, 0) is 0 Å². The molecule has 1 aromatic carbocycles. The van der Waals surface area contributed by atoms with Gasteiger partial charge in [-0.05, 0) is 37.1 Å². The van der Waals surface area contributed by atoms with E-state index in [1.807, 2.05) is 0 Å². The van der Waals surface area contributed by atoms with Crippen molar-refractivity contribution in [1.82, 2.24) is 5.32 Å². The molecule has 0 aromatic heterocycles. The van der Waals surface area contributed by atoms with Crippen molar-refractivity contribution in [2.45, 2.75) is 12.8 Å². The summed E-state index contributed by atoms with van der Waals surface area (Å²) in [7, 11) is 0. The molecule has 1 amide bonds. The van der Waals surface area contributed by atoms with Crippen LogP contribution in [0.4, 0.5) is 0 Å². The lowest BCUT2D eigenvalue weighted by Gasteiger charge is -2.12. The van der Waals surface area contributed by atoms with E-state index in [4.69, 9.17) is 11.2 Å². The number of terminal acetylenes is 1. The van der Waals surface area contributed by atoms with Gasteiger partial charge in [-0.25, -0.2) is 0 Å². The number of aliphatic hydroxyl groups is 1. The molecular formula is C15H17NO3. The fourth-order valence-electron chi connectivity index (χ4n) is 1.76. The molecule has 0 atom stereocenters. The van der Waals surface area contributed by atoms with Gasteiger partial charge in [-0.15, -0.1) is 6.42 Å². The summed E-state index contributed by atoms with van der Waals surface area (Å²) in [5.74, 6) is 2.88. The first kappa shape index (κ1) is 13.4. The van der Waals surface area contributed by atoms with Gasteiger partial charge < -0.3 is 15.2 Å². The van der Waals surface area contributed by atoms with Gasteiger partial charge in [0.2, 0.25) is 0 Å². The highest BCUT2D eigenvalue weighted by molar-refractivity contribution is 5.94. The van der Waals surface area contributed by atoms with Gasteiger partial charge in [-0.3, -0.25) is 4.79 Å². The van der Waals surface area contributed by atoms with Crippen molar-refractivity contribution in [3.8, 4) is 18.1 Å². The second-order valence-corrected chi connectivity index (χ2v) is 4.86. The van der Waals surface area contributed by atoms with E-state index in [-0.39, 0.29) is 24.5 Å². The predicted octanol–water partition coefficient (Wildman–Crippen LogP) is 1.20. The quantitative estimate of drug-likeness (QED) is 0.755. The Morgan fingerprint density at radius 3 is 2.63 bits per heavy atom. The maximum absolute atomic E-state index is 11.9. The molecule has 0 heterocycles. The summed E-state index contributed by atoms with van der Waals surface area (Å²) in [4.78, 5) is 11.9. The lowest BCUT2D eigenvalue weighted by atomic mass is 10.1. The van der Waals surface area contributed by atoms with Gasteiger partial charge in [0.05, 0.1) is 6.61 Å². The fourth-order valence-corrected chi connectivity index (χ4v) is 1.76. The minimum atomic E-state index is -0.136. The Kier molecular flexibility index (Phi) is 4.08. The summed E-state index contributed by atoms with van der Waals surface area (Å²) in [5.41, 5.74) is 0.493. The first-order valence-corrected chi connectivity index (χ1v) is 6.24. The molecule has 0 saturated heterocycles. The van der Waals surface area contributed by atoms with Crippen LogP contribution in [0.25, 0.3) is 0 Å². The van der Waals surface area contributed by atoms with E-state index in [9.17, 15) is 9.90 Å².